The second-order valence-electron chi connectivity index (χ2n) is 5.93. The van der Waals surface area contributed by atoms with Gasteiger partial charge in [-0.2, -0.15) is 0 Å². The molecule has 0 saturated carbocycles. The van der Waals surface area contributed by atoms with E-state index in [2.05, 4.69) is 4.90 Å². The number of carbonyl (C=O) groups is 2. The Morgan fingerprint density at radius 2 is 1.73 bits per heavy atom. The number of anilines is 1. The Kier molecular flexibility index (Phi) is 5.73. The molecule has 3 rings (SSSR count). The third-order valence-corrected chi connectivity index (χ3v) is 4.45. The van der Waals surface area contributed by atoms with E-state index in [0.29, 0.717) is 36.8 Å². The van der Waals surface area contributed by atoms with E-state index in [-0.39, 0.29) is 18.3 Å². The van der Waals surface area contributed by atoms with E-state index in [1.165, 1.54) is 18.2 Å². The molecule has 26 heavy (non-hydrogen) atoms. The Hall–Kier alpha value is -2.60. The number of hydrogen-bond donors (Lipinski definition) is 0. The summed E-state index contributed by atoms with van der Waals surface area (Å²) in [6.07, 6.45) is 0. The Morgan fingerprint density at radius 1 is 1.04 bits per heavy atom. The van der Waals surface area contributed by atoms with Crippen molar-refractivity contribution in [1.82, 2.24) is 4.90 Å². The molecule has 1 amide bonds. The molecule has 0 unspecified atom stereocenters. The number of halogens is 2. The van der Waals surface area contributed by atoms with E-state index in [1.807, 2.05) is 0 Å². The molecule has 0 N–H and O–H groups in total. The van der Waals surface area contributed by atoms with Crippen LogP contribution in [0.2, 0.25) is 5.02 Å². The van der Waals surface area contributed by atoms with E-state index >= 15 is 0 Å². The Bertz CT molecular complexity index is 790. The second kappa shape index (κ2) is 8.19. The highest BCUT2D eigenvalue weighted by Crippen LogP contribution is 2.17. The first kappa shape index (κ1) is 18.2. The van der Waals surface area contributed by atoms with Gasteiger partial charge in [0, 0.05) is 36.9 Å². The monoisotopic (exact) mass is 376 g/mol. The number of esters is 1. The van der Waals surface area contributed by atoms with Crippen LogP contribution in [0.5, 0.6) is 0 Å². The van der Waals surface area contributed by atoms with Crippen LogP contribution >= 0.6 is 11.6 Å². The zero-order valence-electron chi connectivity index (χ0n) is 14.0. The molecule has 2 aromatic rings. The third kappa shape index (κ3) is 4.52. The predicted molar refractivity (Wildman–Crippen MR) is 96.9 cm³/mol. The minimum Gasteiger partial charge on any atom is -0.452 e. The maximum atomic E-state index is 13.0. The van der Waals surface area contributed by atoms with Gasteiger partial charge >= 0.3 is 5.97 Å². The molecule has 0 bridgehead atoms. The number of ether oxygens (including phenoxy) is 1. The minimum absolute atomic E-state index is 0.237. The van der Waals surface area contributed by atoms with Gasteiger partial charge in [0.25, 0.3) is 5.91 Å². The van der Waals surface area contributed by atoms with Crippen molar-refractivity contribution >= 4 is 29.2 Å². The molecule has 0 aliphatic carbocycles. The van der Waals surface area contributed by atoms with Gasteiger partial charge in [0.1, 0.15) is 5.82 Å². The van der Waals surface area contributed by atoms with E-state index in [0.717, 1.165) is 5.69 Å². The number of benzene rings is 2. The smallest absolute Gasteiger partial charge is 0.338 e. The lowest BCUT2D eigenvalue weighted by Gasteiger charge is -2.36. The van der Waals surface area contributed by atoms with Gasteiger partial charge in [0.05, 0.1) is 5.56 Å². The van der Waals surface area contributed by atoms with Gasteiger partial charge in [-0.25, -0.2) is 9.18 Å². The molecule has 0 aromatic heterocycles. The first-order valence-corrected chi connectivity index (χ1v) is 8.62. The fourth-order valence-electron chi connectivity index (χ4n) is 2.78. The molecular weight excluding hydrogens is 359 g/mol. The predicted octanol–water partition coefficient (Wildman–Crippen LogP) is 2.98. The fraction of sp³-hybridized carbons (Fsp3) is 0.263. The molecule has 0 radical (unpaired) electrons. The summed E-state index contributed by atoms with van der Waals surface area (Å²) in [5.41, 5.74) is 1.23. The Labute approximate surface area is 155 Å². The molecule has 1 aliphatic rings. The summed E-state index contributed by atoms with van der Waals surface area (Å²) < 4.78 is 18.1. The van der Waals surface area contributed by atoms with Crippen molar-refractivity contribution in [2.75, 3.05) is 37.7 Å². The van der Waals surface area contributed by atoms with E-state index in [4.69, 9.17) is 16.3 Å². The molecule has 1 heterocycles. The highest BCUT2D eigenvalue weighted by molar-refractivity contribution is 6.30. The minimum atomic E-state index is -0.578. The van der Waals surface area contributed by atoms with Gasteiger partial charge in [0.2, 0.25) is 0 Å². The van der Waals surface area contributed by atoms with Crippen molar-refractivity contribution in [2.45, 2.75) is 0 Å². The van der Waals surface area contributed by atoms with Crippen LogP contribution in [0.15, 0.2) is 48.5 Å². The number of rotatable bonds is 4. The number of carbonyl (C=O) groups excluding carboxylic acids is 2. The van der Waals surface area contributed by atoms with Gasteiger partial charge in [0.15, 0.2) is 6.61 Å². The maximum absolute atomic E-state index is 13.0. The van der Waals surface area contributed by atoms with Crippen LogP contribution in [0.25, 0.3) is 0 Å². The fourth-order valence-corrected chi connectivity index (χ4v) is 2.97. The van der Waals surface area contributed by atoms with Gasteiger partial charge in [-0.15, -0.1) is 0 Å². The zero-order valence-corrected chi connectivity index (χ0v) is 14.8. The molecule has 0 atom stereocenters. The first-order valence-electron chi connectivity index (χ1n) is 8.24. The van der Waals surface area contributed by atoms with Gasteiger partial charge < -0.3 is 14.5 Å². The number of hydrogen-bond acceptors (Lipinski definition) is 4. The lowest BCUT2D eigenvalue weighted by Crippen LogP contribution is -2.49. The molecule has 0 spiro atoms. The van der Waals surface area contributed by atoms with Crippen molar-refractivity contribution in [1.29, 1.82) is 0 Å². The van der Waals surface area contributed by atoms with Gasteiger partial charge in [-0.05, 0) is 42.5 Å². The van der Waals surface area contributed by atoms with Crippen LogP contribution < -0.4 is 4.90 Å². The first-order chi connectivity index (χ1) is 12.5. The van der Waals surface area contributed by atoms with E-state index < -0.39 is 5.97 Å². The highest BCUT2D eigenvalue weighted by Gasteiger charge is 2.22. The van der Waals surface area contributed by atoms with Crippen molar-refractivity contribution < 1.29 is 18.7 Å². The van der Waals surface area contributed by atoms with Crippen molar-refractivity contribution in [3.05, 3.63) is 64.9 Å². The average molecular weight is 377 g/mol. The van der Waals surface area contributed by atoms with Crippen molar-refractivity contribution in [3.8, 4) is 0 Å². The maximum Gasteiger partial charge on any atom is 0.338 e. The van der Waals surface area contributed by atoms with Crippen molar-refractivity contribution in [3.63, 3.8) is 0 Å². The summed E-state index contributed by atoms with van der Waals surface area (Å²) in [7, 11) is 0. The molecule has 1 aliphatic heterocycles. The van der Waals surface area contributed by atoms with E-state index in [9.17, 15) is 14.0 Å². The summed E-state index contributed by atoms with van der Waals surface area (Å²) in [4.78, 5) is 27.9. The van der Waals surface area contributed by atoms with Crippen LogP contribution in [0, 0.1) is 5.82 Å². The highest BCUT2D eigenvalue weighted by atomic mass is 35.5. The summed E-state index contributed by atoms with van der Waals surface area (Å²) in [6.45, 7) is 2.01. The molecule has 1 fully saturated rings. The Balaban J connectivity index is 1.47. The van der Waals surface area contributed by atoms with Gasteiger partial charge in [-0.1, -0.05) is 17.7 Å². The quantitative estimate of drug-likeness (QED) is 0.770. The number of amides is 1. The molecule has 1 saturated heterocycles. The standard InChI is InChI=1S/C19H18ClFN2O3/c20-15-3-1-2-14(12-15)19(25)26-13-18(24)23-10-8-22(9-11-23)17-6-4-16(21)5-7-17/h1-7,12H,8-11,13H2. The zero-order chi connectivity index (χ0) is 18.5. The lowest BCUT2D eigenvalue weighted by molar-refractivity contribution is -0.134. The molecule has 5 nitrogen and oxygen atoms in total. The average Bonchev–Trinajstić information content (AvgIpc) is 2.66. The van der Waals surface area contributed by atoms with Crippen molar-refractivity contribution in [2.24, 2.45) is 0 Å². The molecule has 7 heteroatoms. The van der Waals surface area contributed by atoms with Crippen LogP contribution in [0.1, 0.15) is 10.4 Å². The van der Waals surface area contributed by atoms with E-state index in [1.54, 1.807) is 35.2 Å². The van der Waals surface area contributed by atoms with Crippen LogP contribution in [0.3, 0.4) is 0 Å². The lowest BCUT2D eigenvalue weighted by atomic mass is 10.2. The SMILES string of the molecule is O=C(OCC(=O)N1CCN(c2ccc(F)cc2)CC1)c1cccc(Cl)c1. The number of nitrogens with zero attached hydrogens (tertiary/aromatic N) is 2. The second-order valence-corrected chi connectivity index (χ2v) is 6.37. The largest absolute Gasteiger partial charge is 0.452 e. The molecular formula is C19H18ClFN2O3. The molecule has 2 aromatic carbocycles. The molecule has 136 valence electrons. The van der Waals surface area contributed by atoms with Gasteiger partial charge in [-0.3, -0.25) is 4.79 Å². The topological polar surface area (TPSA) is 49.9 Å². The normalized spacial score (nSPS) is 14.2. The van der Waals surface area contributed by atoms with Crippen LogP contribution in [0.4, 0.5) is 10.1 Å². The summed E-state index contributed by atoms with van der Waals surface area (Å²) in [5, 5.41) is 0.433. The third-order valence-electron chi connectivity index (χ3n) is 4.21. The summed E-state index contributed by atoms with van der Waals surface area (Å²) in [5.74, 6) is -1.09. The Morgan fingerprint density at radius 3 is 2.38 bits per heavy atom. The number of piperazine rings is 1. The summed E-state index contributed by atoms with van der Waals surface area (Å²) in [6, 6.07) is 12.7. The summed E-state index contributed by atoms with van der Waals surface area (Å²) >= 11 is 5.84. The van der Waals surface area contributed by atoms with Crippen LogP contribution in [-0.4, -0.2) is 49.6 Å². The van der Waals surface area contributed by atoms with Crippen LogP contribution in [-0.2, 0) is 9.53 Å².